The highest BCUT2D eigenvalue weighted by molar-refractivity contribution is 5.83. The van der Waals surface area contributed by atoms with Crippen LogP contribution in [0.25, 0.3) is 0 Å². The molecule has 1 aliphatic heterocycles. The van der Waals surface area contributed by atoms with Crippen LogP contribution in [0.1, 0.15) is 57.2 Å². The van der Waals surface area contributed by atoms with Crippen molar-refractivity contribution in [1.29, 1.82) is 0 Å². The van der Waals surface area contributed by atoms with Gasteiger partial charge in [-0.25, -0.2) is 4.98 Å². The first-order valence-corrected chi connectivity index (χ1v) is 8.79. The Morgan fingerprint density at radius 1 is 1.26 bits per heavy atom. The summed E-state index contributed by atoms with van der Waals surface area (Å²) < 4.78 is 0. The fourth-order valence-electron chi connectivity index (χ4n) is 3.72. The van der Waals surface area contributed by atoms with Gasteiger partial charge in [0.05, 0.1) is 12.5 Å². The number of piperidine rings is 1. The minimum absolute atomic E-state index is 0.0347. The van der Waals surface area contributed by atoms with E-state index in [9.17, 15) is 9.59 Å². The largest absolute Gasteiger partial charge is 0.349 e. The van der Waals surface area contributed by atoms with Gasteiger partial charge in [0.2, 0.25) is 11.8 Å². The van der Waals surface area contributed by atoms with Crippen molar-refractivity contribution in [3.8, 4) is 0 Å². The molecule has 0 spiro atoms. The number of nitrogens with zero attached hydrogens (tertiary/aromatic N) is 2. The van der Waals surface area contributed by atoms with E-state index in [-0.39, 0.29) is 17.7 Å². The van der Waals surface area contributed by atoms with E-state index >= 15 is 0 Å². The highest BCUT2D eigenvalue weighted by Gasteiger charge is 2.34. The van der Waals surface area contributed by atoms with Crippen molar-refractivity contribution in [2.45, 2.75) is 64.0 Å². The first-order chi connectivity index (χ1) is 11.2. The number of nitrogens with one attached hydrogen (secondary N) is 2. The maximum absolute atomic E-state index is 12.4. The fourth-order valence-corrected chi connectivity index (χ4v) is 3.72. The van der Waals surface area contributed by atoms with Gasteiger partial charge in [0.1, 0.15) is 5.82 Å². The average molecular weight is 318 g/mol. The van der Waals surface area contributed by atoms with Crippen LogP contribution in [-0.4, -0.2) is 39.3 Å². The maximum Gasteiger partial charge on any atom is 0.225 e. The number of likely N-dealkylation sites (tertiary alicyclic amines) is 1. The number of hydrogen-bond donors (Lipinski definition) is 2. The van der Waals surface area contributed by atoms with Crippen molar-refractivity contribution >= 4 is 11.8 Å². The summed E-state index contributed by atoms with van der Waals surface area (Å²) >= 11 is 0. The number of H-pyrrole nitrogens is 1. The van der Waals surface area contributed by atoms with Gasteiger partial charge in [-0.15, -0.1) is 0 Å². The molecule has 3 rings (SSSR count). The number of carbonyl (C=O) groups excluding carboxylic acids is 2. The summed E-state index contributed by atoms with van der Waals surface area (Å²) in [5.41, 5.74) is 0. The van der Waals surface area contributed by atoms with Crippen molar-refractivity contribution in [3.63, 3.8) is 0 Å². The Labute approximate surface area is 137 Å². The van der Waals surface area contributed by atoms with Crippen LogP contribution in [0.15, 0.2) is 12.4 Å². The molecule has 1 saturated heterocycles. The van der Waals surface area contributed by atoms with Crippen LogP contribution in [0.5, 0.6) is 0 Å². The van der Waals surface area contributed by atoms with Crippen LogP contribution in [0.3, 0.4) is 0 Å². The van der Waals surface area contributed by atoms with E-state index in [1.54, 1.807) is 12.4 Å². The molecule has 0 unspecified atom stereocenters. The molecule has 126 valence electrons. The lowest BCUT2D eigenvalue weighted by Crippen LogP contribution is -2.49. The van der Waals surface area contributed by atoms with E-state index in [0.717, 1.165) is 18.7 Å². The summed E-state index contributed by atoms with van der Waals surface area (Å²) in [5, 5.41) is 2.93. The van der Waals surface area contributed by atoms with Gasteiger partial charge in [-0.05, 0) is 19.3 Å². The molecule has 2 amide bonds. The minimum atomic E-state index is -0.0917. The van der Waals surface area contributed by atoms with E-state index in [4.69, 9.17) is 0 Å². The van der Waals surface area contributed by atoms with Gasteiger partial charge in [-0.3, -0.25) is 9.59 Å². The van der Waals surface area contributed by atoms with Crippen LogP contribution in [0.2, 0.25) is 0 Å². The second kappa shape index (κ2) is 7.62. The molecule has 1 aliphatic carbocycles. The summed E-state index contributed by atoms with van der Waals surface area (Å²) in [6.45, 7) is 0.993. The fraction of sp³-hybridized carbons (Fsp3) is 0.706. The van der Waals surface area contributed by atoms with Crippen molar-refractivity contribution < 1.29 is 9.59 Å². The van der Waals surface area contributed by atoms with E-state index in [0.29, 0.717) is 32.0 Å². The number of imidazole rings is 1. The molecule has 0 aromatic carbocycles. The molecule has 1 saturated carbocycles. The molecular weight excluding hydrogens is 292 g/mol. The second-order valence-corrected chi connectivity index (χ2v) is 6.68. The lowest BCUT2D eigenvalue weighted by atomic mass is 9.93. The third-order valence-corrected chi connectivity index (χ3v) is 5.07. The smallest absolute Gasteiger partial charge is 0.225 e. The molecule has 6 nitrogen and oxygen atoms in total. The molecule has 0 radical (unpaired) electrons. The average Bonchev–Trinajstić information content (AvgIpc) is 2.94. The molecule has 2 N–H and O–H groups in total. The Bertz CT molecular complexity index is 521. The van der Waals surface area contributed by atoms with E-state index in [1.807, 2.05) is 4.90 Å². The second-order valence-electron chi connectivity index (χ2n) is 6.68. The minimum Gasteiger partial charge on any atom is -0.349 e. The summed E-state index contributed by atoms with van der Waals surface area (Å²) in [6, 6.07) is 0.339. The zero-order chi connectivity index (χ0) is 16.1. The van der Waals surface area contributed by atoms with Crippen LogP contribution in [-0.2, 0) is 16.1 Å². The molecule has 2 fully saturated rings. The van der Waals surface area contributed by atoms with Crippen LogP contribution < -0.4 is 5.32 Å². The molecule has 23 heavy (non-hydrogen) atoms. The summed E-state index contributed by atoms with van der Waals surface area (Å²) in [6.07, 6.45) is 11.7. The monoisotopic (exact) mass is 318 g/mol. The van der Waals surface area contributed by atoms with E-state index in [2.05, 4.69) is 15.3 Å². The summed E-state index contributed by atoms with van der Waals surface area (Å²) in [4.78, 5) is 33.8. The molecule has 1 aromatic rings. The number of aromatic nitrogens is 2. The van der Waals surface area contributed by atoms with E-state index < -0.39 is 0 Å². The van der Waals surface area contributed by atoms with Crippen molar-refractivity contribution in [2.75, 3.05) is 6.54 Å². The highest BCUT2D eigenvalue weighted by atomic mass is 16.2. The van der Waals surface area contributed by atoms with Gasteiger partial charge < -0.3 is 15.2 Å². The van der Waals surface area contributed by atoms with Gasteiger partial charge in [-0.2, -0.15) is 0 Å². The van der Waals surface area contributed by atoms with Crippen molar-refractivity contribution in [3.05, 3.63) is 18.2 Å². The van der Waals surface area contributed by atoms with Crippen molar-refractivity contribution in [1.82, 2.24) is 20.2 Å². The number of amides is 2. The van der Waals surface area contributed by atoms with E-state index in [1.165, 1.54) is 25.7 Å². The predicted molar refractivity (Wildman–Crippen MR) is 86.4 cm³/mol. The van der Waals surface area contributed by atoms with Gasteiger partial charge in [-0.1, -0.05) is 25.7 Å². The first kappa shape index (κ1) is 16.0. The zero-order valence-corrected chi connectivity index (χ0v) is 13.6. The molecular formula is C17H26N4O2. The lowest BCUT2D eigenvalue weighted by Gasteiger charge is -2.37. The summed E-state index contributed by atoms with van der Waals surface area (Å²) in [5.74, 6) is 0.927. The summed E-state index contributed by atoms with van der Waals surface area (Å²) in [7, 11) is 0. The van der Waals surface area contributed by atoms with Crippen molar-refractivity contribution in [2.24, 2.45) is 5.92 Å². The van der Waals surface area contributed by atoms with Gasteiger partial charge in [0.25, 0.3) is 0 Å². The SMILES string of the molecule is O=C(NCc1ncc[nH]1)[C@H]1CCC(=O)N(C2CCCCCC2)C1. The highest BCUT2D eigenvalue weighted by Crippen LogP contribution is 2.27. The predicted octanol–water partition coefficient (Wildman–Crippen LogP) is 1.99. The molecule has 2 aliphatic rings. The Kier molecular flexibility index (Phi) is 5.31. The number of aromatic amines is 1. The third kappa shape index (κ3) is 4.12. The third-order valence-electron chi connectivity index (χ3n) is 5.07. The Balaban J connectivity index is 1.55. The Morgan fingerprint density at radius 3 is 2.74 bits per heavy atom. The lowest BCUT2D eigenvalue weighted by molar-refractivity contribution is -0.141. The molecule has 1 atom stereocenters. The standard InChI is InChI=1S/C17H26N4O2/c22-16-8-7-13(17(23)20-11-15-18-9-10-19-15)12-21(16)14-5-3-1-2-4-6-14/h9-10,13-14H,1-8,11-12H2,(H,18,19)(H,20,23)/t13-/m0/s1. The maximum atomic E-state index is 12.4. The molecule has 6 heteroatoms. The number of carbonyl (C=O) groups is 2. The zero-order valence-electron chi connectivity index (χ0n) is 13.6. The van der Waals surface area contributed by atoms with Crippen LogP contribution in [0, 0.1) is 5.92 Å². The Hall–Kier alpha value is -1.85. The molecule has 2 heterocycles. The van der Waals surface area contributed by atoms with Gasteiger partial charge in [0, 0.05) is 31.4 Å². The molecule has 1 aromatic heterocycles. The molecule has 0 bridgehead atoms. The number of rotatable bonds is 4. The van der Waals surface area contributed by atoms with Gasteiger partial charge in [0.15, 0.2) is 0 Å². The Morgan fingerprint density at radius 2 is 2.04 bits per heavy atom. The van der Waals surface area contributed by atoms with Crippen LogP contribution in [0.4, 0.5) is 0 Å². The normalized spacial score (nSPS) is 23.6. The quantitative estimate of drug-likeness (QED) is 0.833. The topological polar surface area (TPSA) is 78.1 Å². The van der Waals surface area contributed by atoms with Crippen LogP contribution >= 0.6 is 0 Å². The first-order valence-electron chi connectivity index (χ1n) is 8.79. The van der Waals surface area contributed by atoms with Gasteiger partial charge >= 0.3 is 0 Å². The number of hydrogen-bond acceptors (Lipinski definition) is 3.